The van der Waals surface area contributed by atoms with E-state index < -0.39 is 0 Å². The van der Waals surface area contributed by atoms with Gasteiger partial charge in [-0.1, -0.05) is 12.1 Å². The van der Waals surface area contributed by atoms with Gasteiger partial charge in [0, 0.05) is 29.8 Å². The number of nitrogens with one attached hydrogen (secondary N) is 2. The summed E-state index contributed by atoms with van der Waals surface area (Å²) >= 11 is 0. The second kappa shape index (κ2) is 6.80. The van der Waals surface area contributed by atoms with Crippen LogP contribution in [-0.4, -0.2) is 20.2 Å². The van der Waals surface area contributed by atoms with Crippen molar-refractivity contribution in [1.82, 2.24) is 20.2 Å². The average Bonchev–Trinajstić information content (AvgIpc) is 3.16. The molecule has 5 heteroatoms. The highest BCUT2D eigenvalue weighted by molar-refractivity contribution is 5.80. The van der Waals surface area contributed by atoms with Gasteiger partial charge >= 0.3 is 0 Å². The Morgan fingerprint density at radius 1 is 0.885 bits per heavy atom. The molecule has 26 heavy (non-hydrogen) atoms. The minimum absolute atomic E-state index is 0.791. The van der Waals surface area contributed by atoms with Crippen LogP contribution in [0, 0.1) is 13.8 Å². The molecule has 0 radical (unpaired) electrons. The van der Waals surface area contributed by atoms with E-state index in [-0.39, 0.29) is 0 Å². The van der Waals surface area contributed by atoms with Crippen LogP contribution in [0.4, 0.5) is 11.5 Å². The molecule has 0 spiro atoms. The summed E-state index contributed by atoms with van der Waals surface area (Å²) in [6.07, 6.45) is 5.46. The van der Waals surface area contributed by atoms with E-state index in [2.05, 4.69) is 57.5 Å². The number of rotatable bonds is 4. The van der Waals surface area contributed by atoms with Crippen molar-refractivity contribution in [3.05, 3.63) is 78.2 Å². The van der Waals surface area contributed by atoms with E-state index in [1.54, 1.807) is 12.4 Å². The molecule has 128 valence electrons. The van der Waals surface area contributed by atoms with Crippen molar-refractivity contribution in [2.24, 2.45) is 0 Å². The van der Waals surface area contributed by atoms with Crippen LogP contribution in [0.3, 0.4) is 0 Å². The molecule has 0 atom stereocenters. The van der Waals surface area contributed by atoms with Gasteiger partial charge in [-0.05, 0) is 66.9 Å². The monoisotopic (exact) mass is 341 g/mol. The predicted molar refractivity (Wildman–Crippen MR) is 104 cm³/mol. The number of nitrogens with zero attached hydrogens (tertiary/aromatic N) is 3. The molecule has 3 aromatic heterocycles. The van der Waals surface area contributed by atoms with Gasteiger partial charge in [-0.3, -0.25) is 10.1 Å². The summed E-state index contributed by atoms with van der Waals surface area (Å²) in [7, 11) is 0. The van der Waals surface area contributed by atoms with Crippen LogP contribution in [0.5, 0.6) is 0 Å². The Hall–Kier alpha value is -3.47. The molecule has 2 N–H and O–H groups in total. The molecule has 0 amide bonds. The number of benzene rings is 1. The molecule has 0 unspecified atom stereocenters. The van der Waals surface area contributed by atoms with Gasteiger partial charge in [-0.2, -0.15) is 5.10 Å². The van der Waals surface area contributed by atoms with Crippen LogP contribution in [0.15, 0.2) is 67.1 Å². The van der Waals surface area contributed by atoms with Crippen LogP contribution >= 0.6 is 0 Å². The van der Waals surface area contributed by atoms with Gasteiger partial charge < -0.3 is 5.32 Å². The third-order valence-electron chi connectivity index (χ3n) is 4.40. The second-order valence-electron chi connectivity index (χ2n) is 6.22. The summed E-state index contributed by atoms with van der Waals surface area (Å²) in [6, 6.07) is 16.1. The molecular formula is C21H19N5. The van der Waals surface area contributed by atoms with Crippen molar-refractivity contribution in [2.45, 2.75) is 13.8 Å². The molecular weight excluding hydrogens is 322 g/mol. The molecule has 0 saturated heterocycles. The van der Waals surface area contributed by atoms with E-state index in [9.17, 15) is 0 Å². The van der Waals surface area contributed by atoms with Crippen LogP contribution in [0.1, 0.15) is 11.1 Å². The largest absolute Gasteiger partial charge is 0.340 e. The van der Waals surface area contributed by atoms with E-state index >= 15 is 0 Å². The summed E-state index contributed by atoms with van der Waals surface area (Å²) in [4.78, 5) is 8.84. The summed E-state index contributed by atoms with van der Waals surface area (Å²) in [5, 5.41) is 10.7. The molecule has 5 nitrogen and oxygen atoms in total. The van der Waals surface area contributed by atoms with Crippen LogP contribution in [-0.2, 0) is 0 Å². The number of pyridine rings is 2. The van der Waals surface area contributed by atoms with Gasteiger partial charge in [0.25, 0.3) is 0 Å². The van der Waals surface area contributed by atoms with Crippen molar-refractivity contribution in [2.75, 3.05) is 5.32 Å². The van der Waals surface area contributed by atoms with E-state index in [1.807, 2.05) is 36.5 Å². The molecule has 0 fully saturated rings. The maximum Gasteiger partial charge on any atom is 0.130 e. The minimum Gasteiger partial charge on any atom is -0.340 e. The van der Waals surface area contributed by atoms with Crippen molar-refractivity contribution in [1.29, 1.82) is 0 Å². The zero-order valence-electron chi connectivity index (χ0n) is 14.7. The third kappa shape index (κ3) is 3.19. The van der Waals surface area contributed by atoms with E-state index in [4.69, 9.17) is 0 Å². The molecule has 4 rings (SSSR count). The van der Waals surface area contributed by atoms with Crippen molar-refractivity contribution in [3.8, 4) is 22.5 Å². The van der Waals surface area contributed by atoms with E-state index in [1.165, 1.54) is 11.1 Å². The normalized spacial score (nSPS) is 10.7. The van der Waals surface area contributed by atoms with Gasteiger partial charge in [0.05, 0.1) is 5.69 Å². The first-order valence-corrected chi connectivity index (χ1v) is 8.46. The first-order valence-electron chi connectivity index (χ1n) is 8.46. The van der Waals surface area contributed by atoms with Gasteiger partial charge in [-0.25, -0.2) is 4.98 Å². The number of hydrogen-bond acceptors (Lipinski definition) is 4. The zero-order chi connectivity index (χ0) is 17.9. The summed E-state index contributed by atoms with van der Waals surface area (Å²) in [5.74, 6) is 0.791. The van der Waals surface area contributed by atoms with Gasteiger partial charge in [-0.15, -0.1) is 0 Å². The number of aromatic nitrogens is 4. The summed E-state index contributed by atoms with van der Waals surface area (Å²) < 4.78 is 0. The average molecular weight is 341 g/mol. The van der Waals surface area contributed by atoms with Crippen LogP contribution in [0.2, 0.25) is 0 Å². The number of anilines is 2. The van der Waals surface area contributed by atoms with Crippen molar-refractivity contribution in [3.63, 3.8) is 0 Å². The fraction of sp³-hybridized carbons (Fsp3) is 0.0952. The van der Waals surface area contributed by atoms with E-state index in [0.29, 0.717) is 0 Å². The molecule has 4 aromatic rings. The summed E-state index contributed by atoms with van der Waals surface area (Å²) in [5.41, 5.74) is 7.23. The van der Waals surface area contributed by atoms with Crippen LogP contribution in [0.25, 0.3) is 22.5 Å². The minimum atomic E-state index is 0.791. The van der Waals surface area contributed by atoms with Crippen LogP contribution < -0.4 is 5.32 Å². The lowest BCUT2D eigenvalue weighted by atomic mass is 10.1. The molecule has 0 saturated carbocycles. The second-order valence-corrected chi connectivity index (χ2v) is 6.22. The first kappa shape index (κ1) is 16.0. The lowest BCUT2D eigenvalue weighted by Crippen LogP contribution is -1.95. The molecule has 0 aliphatic carbocycles. The summed E-state index contributed by atoms with van der Waals surface area (Å²) in [6.45, 7) is 4.21. The quantitative estimate of drug-likeness (QED) is 0.554. The number of H-pyrrole nitrogens is 1. The smallest absolute Gasteiger partial charge is 0.130 e. The Kier molecular flexibility index (Phi) is 4.19. The Labute approximate surface area is 152 Å². The lowest BCUT2D eigenvalue weighted by Gasteiger charge is -2.09. The van der Waals surface area contributed by atoms with E-state index in [0.717, 1.165) is 34.0 Å². The maximum atomic E-state index is 4.44. The van der Waals surface area contributed by atoms with Crippen molar-refractivity contribution >= 4 is 11.5 Å². The Balaban J connectivity index is 1.67. The molecule has 0 bridgehead atoms. The molecule has 3 heterocycles. The highest BCUT2D eigenvalue weighted by atomic mass is 15.1. The number of aryl methyl sites for hydroxylation is 2. The van der Waals surface area contributed by atoms with Crippen molar-refractivity contribution < 1.29 is 0 Å². The standard InChI is InChI=1S/C21H19N5/c1-14-6-7-17(11-15(14)2)25-20-12-16(8-10-23-20)18-13-24-26-21(18)19-5-3-4-9-22-19/h3-13H,1-2H3,(H,23,25)(H,24,26). The molecule has 1 aromatic carbocycles. The number of hydrogen-bond donors (Lipinski definition) is 2. The van der Waals surface area contributed by atoms with Gasteiger partial charge in [0.15, 0.2) is 0 Å². The zero-order valence-corrected chi connectivity index (χ0v) is 14.7. The fourth-order valence-electron chi connectivity index (χ4n) is 2.84. The molecule has 0 aliphatic rings. The number of aromatic amines is 1. The third-order valence-corrected chi connectivity index (χ3v) is 4.40. The Bertz CT molecular complexity index is 1040. The fourth-order valence-corrected chi connectivity index (χ4v) is 2.84. The van der Waals surface area contributed by atoms with Gasteiger partial charge in [0.1, 0.15) is 11.5 Å². The Morgan fingerprint density at radius 2 is 1.81 bits per heavy atom. The molecule has 0 aliphatic heterocycles. The topological polar surface area (TPSA) is 66.5 Å². The predicted octanol–water partition coefficient (Wildman–Crippen LogP) is 4.89. The maximum absolute atomic E-state index is 4.44. The van der Waals surface area contributed by atoms with Gasteiger partial charge in [0.2, 0.25) is 0 Å². The lowest BCUT2D eigenvalue weighted by molar-refractivity contribution is 1.09. The SMILES string of the molecule is Cc1ccc(Nc2cc(-c3c[nH]nc3-c3ccccn3)ccn2)cc1C. The Morgan fingerprint density at radius 3 is 2.62 bits per heavy atom. The first-order chi connectivity index (χ1) is 12.7. The highest BCUT2D eigenvalue weighted by Gasteiger charge is 2.12. The highest BCUT2D eigenvalue weighted by Crippen LogP contribution is 2.30.